The van der Waals surface area contributed by atoms with Crippen molar-refractivity contribution in [2.24, 2.45) is 5.92 Å². The molecule has 0 bridgehead atoms. The standard InChI is InChI=1S/C13H15ClN2O2/c14-11-6-10(7-11)13(18)16-8-12(17)5-9-1-3-15-4-2-9/h1-4,10-11H,5-8H2,(H,16,18). The lowest BCUT2D eigenvalue weighted by molar-refractivity contribution is -0.129. The van der Waals surface area contributed by atoms with Gasteiger partial charge in [-0.3, -0.25) is 14.6 Å². The number of carbonyl (C=O) groups is 2. The molecule has 2 rings (SSSR count). The average molecular weight is 267 g/mol. The lowest BCUT2D eigenvalue weighted by atomic mass is 9.84. The molecule has 0 atom stereocenters. The summed E-state index contributed by atoms with van der Waals surface area (Å²) in [6.07, 6.45) is 5.05. The van der Waals surface area contributed by atoms with Gasteiger partial charge in [-0.05, 0) is 30.5 Å². The van der Waals surface area contributed by atoms with Crippen molar-refractivity contribution in [3.63, 3.8) is 0 Å². The Labute approximate surface area is 111 Å². The maximum absolute atomic E-state index is 11.6. The molecule has 0 saturated heterocycles. The van der Waals surface area contributed by atoms with Crippen LogP contribution in [0.3, 0.4) is 0 Å². The Balaban J connectivity index is 1.70. The van der Waals surface area contributed by atoms with E-state index in [1.54, 1.807) is 24.5 Å². The number of aromatic nitrogens is 1. The third kappa shape index (κ3) is 3.53. The lowest BCUT2D eigenvalue weighted by Crippen LogP contribution is -2.41. The Bertz CT molecular complexity index is 430. The number of pyridine rings is 1. The first kappa shape index (κ1) is 13.0. The van der Waals surface area contributed by atoms with Crippen molar-refractivity contribution in [3.05, 3.63) is 30.1 Å². The summed E-state index contributed by atoms with van der Waals surface area (Å²) >= 11 is 5.80. The van der Waals surface area contributed by atoms with Crippen molar-refractivity contribution in [2.45, 2.75) is 24.6 Å². The van der Waals surface area contributed by atoms with Crippen LogP contribution in [0.2, 0.25) is 0 Å². The molecule has 1 amide bonds. The van der Waals surface area contributed by atoms with Gasteiger partial charge in [0, 0.05) is 30.1 Å². The molecular weight excluding hydrogens is 252 g/mol. The first-order chi connectivity index (χ1) is 8.65. The molecule has 1 aromatic heterocycles. The third-order valence-corrected chi connectivity index (χ3v) is 3.42. The number of Topliss-reactive ketones (excluding diaryl/α,β-unsaturated/α-hetero) is 1. The Hall–Kier alpha value is -1.42. The van der Waals surface area contributed by atoms with Gasteiger partial charge >= 0.3 is 0 Å². The van der Waals surface area contributed by atoms with Crippen molar-refractivity contribution in [1.29, 1.82) is 0 Å². The van der Waals surface area contributed by atoms with Crippen LogP contribution in [0.15, 0.2) is 24.5 Å². The highest BCUT2D eigenvalue weighted by Crippen LogP contribution is 2.31. The van der Waals surface area contributed by atoms with Gasteiger partial charge in [-0.2, -0.15) is 0 Å². The predicted molar refractivity (Wildman–Crippen MR) is 68.3 cm³/mol. The molecule has 1 heterocycles. The molecule has 1 aliphatic rings. The van der Waals surface area contributed by atoms with Crippen LogP contribution < -0.4 is 5.32 Å². The van der Waals surface area contributed by atoms with E-state index in [4.69, 9.17) is 11.6 Å². The smallest absolute Gasteiger partial charge is 0.223 e. The summed E-state index contributed by atoms with van der Waals surface area (Å²) in [7, 11) is 0. The monoisotopic (exact) mass is 266 g/mol. The van der Waals surface area contributed by atoms with Gasteiger partial charge in [-0.25, -0.2) is 0 Å². The third-order valence-electron chi connectivity index (χ3n) is 3.06. The molecule has 1 saturated carbocycles. The van der Waals surface area contributed by atoms with Gasteiger partial charge in [0.15, 0.2) is 5.78 Å². The Morgan fingerprint density at radius 3 is 2.61 bits per heavy atom. The molecule has 1 N–H and O–H groups in total. The van der Waals surface area contributed by atoms with Crippen molar-refractivity contribution in [1.82, 2.24) is 10.3 Å². The summed E-state index contributed by atoms with van der Waals surface area (Å²) in [5, 5.41) is 2.78. The molecule has 1 fully saturated rings. The Kier molecular flexibility index (Phi) is 4.31. The summed E-state index contributed by atoms with van der Waals surface area (Å²) < 4.78 is 0. The highest BCUT2D eigenvalue weighted by atomic mass is 35.5. The van der Waals surface area contributed by atoms with Gasteiger partial charge in [-0.1, -0.05) is 0 Å². The number of hydrogen-bond donors (Lipinski definition) is 1. The van der Waals surface area contributed by atoms with Gasteiger partial charge in [0.25, 0.3) is 0 Å². The molecule has 5 heteroatoms. The molecule has 4 nitrogen and oxygen atoms in total. The number of alkyl halides is 1. The van der Waals surface area contributed by atoms with Gasteiger partial charge < -0.3 is 5.32 Å². The van der Waals surface area contributed by atoms with Gasteiger partial charge in [0.05, 0.1) is 6.54 Å². The van der Waals surface area contributed by atoms with E-state index >= 15 is 0 Å². The molecule has 0 aromatic carbocycles. The number of nitrogens with zero attached hydrogens (tertiary/aromatic N) is 1. The van der Waals surface area contributed by atoms with Crippen LogP contribution >= 0.6 is 11.6 Å². The van der Waals surface area contributed by atoms with Crippen LogP contribution in [0.4, 0.5) is 0 Å². The van der Waals surface area contributed by atoms with Crippen molar-refractivity contribution in [2.75, 3.05) is 6.54 Å². The van der Waals surface area contributed by atoms with Gasteiger partial charge in [-0.15, -0.1) is 11.6 Å². The molecule has 0 spiro atoms. The van der Waals surface area contributed by atoms with Crippen LogP contribution in [0.5, 0.6) is 0 Å². The van der Waals surface area contributed by atoms with Gasteiger partial charge in [0.1, 0.15) is 0 Å². The van der Waals surface area contributed by atoms with E-state index < -0.39 is 0 Å². The number of nitrogens with one attached hydrogen (secondary N) is 1. The molecule has 1 aliphatic carbocycles. The lowest BCUT2D eigenvalue weighted by Gasteiger charge is -2.29. The first-order valence-corrected chi connectivity index (χ1v) is 6.41. The minimum Gasteiger partial charge on any atom is -0.349 e. The van der Waals surface area contributed by atoms with E-state index in [0.717, 1.165) is 5.56 Å². The summed E-state index contributed by atoms with van der Waals surface area (Å²) in [5.41, 5.74) is 0.911. The number of rotatable bonds is 5. The fourth-order valence-corrected chi connectivity index (χ4v) is 2.31. The van der Waals surface area contributed by atoms with Crippen molar-refractivity contribution < 1.29 is 9.59 Å². The van der Waals surface area contributed by atoms with E-state index in [1.807, 2.05) is 0 Å². The number of amides is 1. The summed E-state index contributed by atoms with van der Waals surface area (Å²) in [6.45, 7) is 0.0879. The molecule has 18 heavy (non-hydrogen) atoms. The minimum absolute atomic E-state index is 0.00343. The molecule has 1 aromatic rings. The van der Waals surface area contributed by atoms with Crippen LogP contribution in [0.25, 0.3) is 0 Å². The summed E-state index contributed by atoms with van der Waals surface area (Å²) in [6, 6.07) is 3.59. The van der Waals surface area contributed by atoms with E-state index in [-0.39, 0.29) is 29.5 Å². The van der Waals surface area contributed by atoms with E-state index in [9.17, 15) is 9.59 Å². The Morgan fingerprint density at radius 2 is 2.00 bits per heavy atom. The number of halogens is 1. The van der Waals surface area contributed by atoms with Crippen LogP contribution in [-0.4, -0.2) is 28.6 Å². The normalized spacial score (nSPS) is 22.1. The largest absolute Gasteiger partial charge is 0.349 e. The predicted octanol–water partition coefficient (Wildman–Crippen LogP) is 1.33. The SMILES string of the molecule is O=C(CNC(=O)C1CC(Cl)C1)Cc1ccncc1. The number of hydrogen-bond acceptors (Lipinski definition) is 3. The maximum Gasteiger partial charge on any atom is 0.223 e. The minimum atomic E-state index is -0.0602. The molecule has 96 valence electrons. The molecule has 0 aliphatic heterocycles. The quantitative estimate of drug-likeness (QED) is 0.818. The topological polar surface area (TPSA) is 59.1 Å². The van der Waals surface area contributed by atoms with Crippen LogP contribution in [0, 0.1) is 5.92 Å². The average Bonchev–Trinajstić information content (AvgIpc) is 2.33. The Morgan fingerprint density at radius 1 is 1.33 bits per heavy atom. The molecule has 0 radical (unpaired) electrons. The fourth-order valence-electron chi connectivity index (χ4n) is 1.88. The number of carbonyl (C=O) groups excluding carboxylic acids is 2. The number of ketones is 1. The highest BCUT2D eigenvalue weighted by molar-refractivity contribution is 6.21. The summed E-state index contributed by atoms with van der Waals surface area (Å²) in [5.74, 6) is -0.0764. The van der Waals surface area contributed by atoms with Crippen LogP contribution in [0.1, 0.15) is 18.4 Å². The van der Waals surface area contributed by atoms with E-state index in [1.165, 1.54) is 0 Å². The molecule has 0 unspecified atom stereocenters. The zero-order valence-electron chi connectivity index (χ0n) is 9.93. The fraction of sp³-hybridized carbons (Fsp3) is 0.462. The van der Waals surface area contributed by atoms with Crippen molar-refractivity contribution in [3.8, 4) is 0 Å². The molecular formula is C13H15ClN2O2. The zero-order chi connectivity index (χ0) is 13.0. The van der Waals surface area contributed by atoms with Crippen molar-refractivity contribution >= 4 is 23.3 Å². The second kappa shape index (κ2) is 5.96. The van der Waals surface area contributed by atoms with E-state index in [0.29, 0.717) is 19.3 Å². The maximum atomic E-state index is 11.6. The van der Waals surface area contributed by atoms with Gasteiger partial charge in [0.2, 0.25) is 5.91 Å². The highest BCUT2D eigenvalue weighted by Gasteiger charge is 2.32. The van der Waals surface area contributed by atoms with E-state index in [2.05, 4.69) is 10.3 Å². The zero-order valence-corrected chi connectivity index (χ0v) is 10.7. The van der Waals surface area contributed by atoms with Crippen LogP contribution in [-0.2, 0) is 16.0 Å². The summed E-state index contributed by atoms with van der Waals surface area (Å²) in [4.78, 5) is 27.1. The second-order valence-corrected chi connectivity index (χ2v) is 5.17. The second-order valence-electron chi connectivity index (χ2n) is 4.55. The first-order valence-electron chi connectivity index (χ1n) is 5.97.